The minimum absolute atomic E-state index is 0.0340. The zero-order chi connectivity index (χ0) is 33.1. The summed E-state index contributed by atoms with van der Waals surface area (Å²) in [5.74, 6) is -3.68. The number of hydrogen-bond donors (Lipinski definition) is 1. The summed E-state index contributed by atoms with van der Waals surface area (Å²) in [6, 6.07) is 8.88. The van der Waals surface area contributed by atoms with Gasteiger partial charge >= 0.3 is 12.1 Å². The van der Waals surface area contributed by atoms with Crippen molar-refractivity contribution in [2.45, 2.75) is 95.2 Å². The van der Waals surface area contributed by atoms with Gasteiger partial charge in [-0.15, -0.1) is 0 Å². The van der Waals surface area contributed by atoms with E-state index in [1.807, 2.05) is 6.07 Å². The maximum atomic E-state index is 14.3. The summed E-state index contributed by atoms with van der Waals surface area (Å²) in [5.41, 5.74) is -0.453. The lowest BCUT2D eigenvalue weighted by molar-refractivity contribution is -0.145. The Balaban J connectivity index is 1.18. The second-order valence-corrected chi connectivity index (χ2v) is 14.0. The molecule has 10 heteroatoms. The lowest BCUT2D eigenvalue weighted by Crippen LogP contribution is -2.46. The molecule has 254 valence electrons. The third-order valence-electron chi connectivity index (χ3n) is 10.6. The summed E-state index contributed by atoms with van der Waals surface area (Å²) >= 11 is 0. The lowest BCUT2D eigenvalue weighted by Gasteiger charge is -2.35. The minimum Gasteiger partial charge on any atom is -0.480 e. The van der Waals surface area contributed by atoms with Gasteiger partial charge < -0.3 is 10.0 Å². The first-order valence-corrected chi connectivity index (χ1v) is 16.8. The van der Waals surface area contributed by atoms with E-state index in [1.54, 1.807) is 12.1 Å². The van der Waals surface area contributed by atoms with Gasteiger partial charge in [0.1, 0.15) is 11.9 Å². The van der Waals surface area contributed by atoms with E-state index >= 15 is 0 Å². The molecule has 5 rings (SSSR count). The Morgan fingerprint density at radius 3 is 2.26 bits per heavy atom. The van der Waals surface area contributed by atoms with Gasteiger partial charge in [-0.3, -0.25) is 9.69 Å². The Kier molecular flexibility index (Phi) is 11.1. The van der Waals surface area contributed by atoms with E-state index in [4.69, 9.17) is 0 Å². The first-order valence-electron chi connectivity index (χ1n) is 16.8. The molecule has 2 saturated heterocycles. The first-order chi connectivity index (χ1) is 21.8. The second kappa shape index (κ2) is 14.7. The number of hydrogen-bond acceptors (Lipinski definition) is 3. The van der Waals surface area contributed by atoms with E-state index in [0.29, 0.717) is 44.8 Å². The van der Waals surface area contributed by atoms with Gasteiger partial charge in [0.15, 0.2) is 0 Å². The van der Waals surface area contributed by atoms with Crippen LogP contribution in [0.1, 0.15) is 92.9 Å². The van der Waals surface area contributed by atoms with Crippen LogP contribution in [0.2, 0.25) is 0 Å². The normalized spacial score (nSPS) is 23.5. The summed E-state index contributed by atoms with van der Waals surface area (Å²) in [6.07, 6.45) is 4.05. The number of carboxylic acids is 1. The van der Waals surface area contributed by atoms with Crippen LogP contribution in [0.25, 0.3) is 0 Å². The maximum absolute atomic E-state index is 14.3. The van der Waals surface area contributed by atoms with Gasteiger partial charge in [0.25, 0.3) is 5.92 Å². The van der Waals surface area contributed by atoms with Gasteiger partial charge in [0.05, 0.1) is 5.56 Å². The van der Waals surface area contributed by atoms with Crippen LogP contribution in [-0.4, -0.2) is 59.6 Å². The van der Waals surface area contributed by atoms with Gasteiger partial charge in [0, 0.05) is 38.0 Å². The fraction of sp³-hybridized carbons (Fsp3) is 0.639. The van der Waals surface area contributed by atoms with Crippen molar-refractivity contribution >= 4 is 5.97 Å². The summed E-state index contributed by atoms with van der Waals surface area (Å²) in [7, 11) is 0. The van der Waals surface area contributed by atoms with Gasteiger partial charge in [-0.05, 0) is 111 Å². The van der Waals surface area contributed by atoms with Crippen LogP contribution in [0.3, 0.4) is 0 Å². The molecule has 2 aromatic rings. The number of aryl methyl sites for hydroxylation is 1. The predicted octanol–water partition coefficient (Wildman–Crippen LogP) is 8.74. The van der Waals surface area contributed by atoms with Crippen molar-refractivity contribution in [1.82, 2.24) is 9.80 Å². The number of carboxylic acid groups (broad SMARTS) is 1. The van der Waals surface area contributed by atoms with Crippen LogP contribution in [0, 0.1) is 23.6 Å². The van der Waals surface area contributed by atoms with Crippen molar-refractivity contribution < 1.29 is 36.2 Å². The number of carbonyl (C=O) groups is 1. The average Bonchev–Trinajstić information content (AvgIpc) is 3.40. The molecule has 0 bridgehead atoms. The second-order valence-electron chi connectivity index (χ2n) is 14.0. The van der Waals surface area contributed by atoms with Crippen molar-refractivity contribution in [2.24, 2.45) is 17.8 Å². The number of halogens is 6. The molecule has 2 heterocycles. The Labute approximate surface area is 268 Å². The summed E-state index contributed by atoms with van der Waals surface area (Å²) in [4.78, 5) is 17.1. The summed E-state index contributed by atoms with van der Waals surface area (Å²) in [6.45, 7) is 4.38. The molecule has 0 spiro atoms. The van der Waals surface area contributed by atoms with E-state index in [1.165, 1.54) is 12.1 Å². The van der Waals surface area contributed by atoms with E-state index in [-0.39, 0.29) is 29.1 Å². The average molecular weight is 653 g/mol. The molecule has 3 fully saturated rings. The molecule has 2 aromatic carbocycles. The van der Waals surface area contributed by atoms with Crippen LogP contribution in [0.15, 0.2) is 42.5 Å². The molecule has 4 nitrogen and oxygen atoms in total. The number of benzene rings is 2. The molecule has 3 unspecified atom stereocenters. The molecule has 1 N–H and O–H groups in total. The molecule has 0 radical (unpaired) electrons. The first kappa shape index (κ1) is 34.7. The van der Waals surface area contributed by atoms with Crippen LogP contribution in [0.5, 0.6) is 0 Å². The van der Waals surface area contributed by atoms with Gasteiger partial charge in [-0.2, -0.15) is 13.2 Å². The number of alkyl halides is 5. The van der Waals surface area contributed by atoms with E-state index in [2.05, 4.69) is 9.80 Å². The quantitative estimate of drug-likeness (QED) is 0.247. The van der Waals surface area contributed by atoms with Crippen LogP contribution in [-0.2, 0) is 23.3 Å². The highest BCUT2D eigenvalue weighted by Gasteiger charge is 2.43. The molecule has 46 heavy (non-hydrogen) atoms. The van der Waals surface area contributed by atoms with E-state index in [9.17, 15) is 36.2 Å². The van der Waals surface area contributed by atoms with Gasteiger partial charge in [0.2, 0.25) is 0 Å². The van der Waals surface area contributed by atoms with Gasteiger partial charge in [-0.25, -0.2) is 13.2 Å². The van der Waals surface area contributed by atoms with Crippen molar-refractivity contribution in [3.63, 3.8) is 0 Å². The Bertz CT molecular complexity index is 1280. The summed E-state index contributed by atoms with van der Waals surface area (Å²) < 4.78 is 82.1. The third-order valence-corrected chi connectivity index (χ3v) is 10.6. The van der Waals surface area contributed by atoms with Crippen molar-refractivity contribution in [1.29, 1.82) is 0 Å². The number of aliphatic carboxylic acids is 1. The minimum atomic E-state index is -4.68. The molecule has 0 aromatic heterocycles. The highest BCUT2D eigenvalue weighted by atomic mass is 19.4. The van der Waals surface area contributed by atoms with E-state index < -0.39 is 35.2 Å². The van der Waals surface area contributed by atoms with Crippen LogP contribution < -0.4 is 0 Å². The molecular formula is C36H46F6N2O2. The fourth-order valence-electron chi connectivity index (χ4n) is 8.18. The number of piperidine rings is 1. The molecule has 3 atom stereocenters. The molecule has 3 aliphatic rings. The van der Waals surface area contributed by atoms with Crippen LogP contribution in [0.4, 0.5) is 26.3 Å². The van der Waals surface area contributed by atoms with Crippen molar-refractivity contribution in [2.75, 3.05) is 32.7 Å². The molecule has 1 saturated carbocycles. The zero-order valence-electron chi connectivity index (χ0n) is 26.6. The van der Waals surface area contributed by atoms with Crippen LogP contribution >= 0.6 is 0 Å². The molecule has 1 aliphatic carbocycles. The van der Waals surface area contributed by atoms with E-state index in [0.717, 1.165) is 82.6 Å². The maximum Gasteiger partial charge on any atom is 0.416 e. The third kappa shape index (κ3) is 8.85. The summed E-state index contributed by atoms with van der Waals surface area (Å²) in [5, 5.41) is 10.3. The van der Waals surface area contributed by atoms with Gasteiger partial charge in [-0.1, -0.05) is 37.8 Å². The SMILES string of the molecule is CC(F)(F)c1cc(CCCC2CCN(CC3CN(C(C(=O)O)C4CCCCC4)CC3c3cccc(F)c3)CC2)cc(C(F)(F)F)c1. The zero-order valence-corrected chi connectivity index (χ0v) is 26.6. The molecular weight excluding hydrogens is 606 g/mol. The Morgan fingerprint density at radius 1 is 0.935 bits per heavy atom. The van der Waals surface area contributed by atoms with Crippen molar-refractivity contribution in [3.05, 3.63) is 70.5 Å². The monoisotopic (exact) mass is 652 g/mol. The molecule has 0 amide bonds. The topological polar surface area (TPSA) is 43.8 Å². The largest absolute Gasteiger partial charge is 0.480 e. The molecule has 2 aliphatic heterocycles. The fourth-order valence-corrected chi connectivity index (χ4v) is 8.18. The highest BCUT2D eigenvalue weighted by Crippen LogP contribution is 2.40. The standard InChI is InChI=1S/C36H46F6N2O2/c1-35(38,39)29-17-25(18-30(20-29)36(40,41)42)8-5-7-24-13-15-43(16-14-24)21-28-22-44(23-32(28)27-11-6-12-31(37)19-27)33(34(45)46)26-9-3-2-4-10-26/h6,11-12,17-20,24,26,28,32-33H,2-5,7-10,13-16,21-23H2,1H3,(H,45,46). The predicted molar refractivity (Wildman–Crippen MR) is 165 cm³/mol. The number of rotatable bonds is 11. The Morgan fingerprint density at radius 2 is 1.63 bits per heavy atom. The number of nitrogens with zero attached hydrogens (tertiary/aromatic N) is 2. The highest BCUT2D eigenvalue weighted by molar-refractivity contribution is 5.74. The smallest absolute Gasteiger partial charge is 0.416 e. The number of likely N-dealkylation sites (tertiary alicyclic amines) is 2. The van der Waals surface area contributed by atoms with Crippen molar-refractivity contribution in [3.8, 4) is 0 Å². The Hall–Kier alpha value is -2.59. The lowest BCUT2D eigenvalue weighted by atomic mass is 9.83.